The second-order valence-corrected chi connectivity index (χ2v) is 5.79. The Morgan fingerprint density at radius 1 is 1.21 bits per heavy atom. The molecule has 0 fully saturated rings. The molecule has 0 saturated carbocycles. The van der Waals surface area contributed by atoms with Gasteiger partial charge in [0, 0.05) is 11.0 Å². The molecule has 86 valence electrons. The highest BCUT2D eigenvalue weighted by molar-refractivity contribution is 8.00. The van der Waals surface area contributed by atoms with E-state index >= 15 is 0 Å². The minimum Gasteiger partial charge on any atom is -0.391 e. The van der Waals surface area contributed by atoms with Gasteiger partial charge in [0.25, 0.3) is 0 Å². The van der Waals surface area contributed by atoms with Crippen LogP contribution in [0.2, 0.25) is 0 Å². The number of hydrogen-bond acceptors (Lipinski definition) is 3. The van der Waals surface area contributed by atoms with Crippen molar-refractivity contribution >= 4 is 23.5 Å². The molecule has 0 heterocycles. The zero-order chi connectivity index (χ0) is 10.8. The van der Waals surface area contributed by atoms with Crippen molar-refractivity contribution in [2.75, 3.05) is 17.8 Å². The van der Waals surface area contributed by atoms with Crippen molar-refractivity contribution in [1.82, 2.24) is 0 Å². The van der Waals surface area contributed by atoms with Crippen molar-refractivity contribution in [3.63, 3.8) is 0 Å². The molecule has 0 aromatic carbocycles. The third-order valence-corrected chi connectivity index (χ3v) is 4.55. The molecule has 0 radical (unpaired) electrons. The first kappa shape index (κ1) is 14.7. The summed E-state index contributed by atoms with van der Waals surface area (Å²) >= 11 is 3.70. The largest absolute Gasteiger partial charge is 0.391 e. The Morgan fingerprint density at radius 3 is 2.43 bits per heavy atom. The highest BCUT2D eigenvalue weighted by atomic mass is 32.2. The molecule has 1 nitrogen and oxygen atoms in total. The van der Waals surface area contributed by atoms with E-state index in [1.54, 1.807) is 11.8 Å². The summed E-state index contributed by atoms with van der Waals surface area (Å²) in [5.74, 6) is 2.10. The van der Waals surface area contributed by atoms with Crippen molar-refractivity contribution in [2.45, 2.75) is 50.9 Å². The van der Waals surface area contributed by atoms with Crippen LogP contribution >= 0.6 is 23.5 Å². The minimum absolute atomic E-state index is 0.119. The second-order valence-electron chi connectivity index (χ2n) is 3.56. The molecule has 0 aliphatic carbocycles. The number of rotatable bonds is 9. The molecule has 0 amide bonds. The molecule has 14 heavy (non-hydrogen) atoms. The molecule has 0 unspecified atom stereocenters. The van der Waals surface area contributed by atoms with E-state index < -0.39 is 0 Å². The normalized spacial score (nSPS) is 15.4. The van der Waals surface area contributed by atoms with Crippen LogP contribution in [0, 0.1) is 0 Å². The van der Waals surface area contributed by atoms with Gasteiger partial charge in [0.15, 0.2) is 0 Å². The Balaban J connectivity index is 3.52. The van der Waals surface area contributed by atoms with Crippen LogP contribution in [0.15, 0.2) is 0 Å². The van der Waals surface area contributed by atoms with Crippen LogP contribution < -0.4 is 0 Å². The summed E-state index contributed by atoms with van der Waals surface area (Å²) in [6.07, 6.45) is 6.81. The number of aliphatic hydroxyl groups excluding tert-OH is 1. The molecular weight excluding hydrogens is 212 g/mol. The summed E-state index contributed by atoms with van der Waals surface area (Å²) in [6.45, 7) is 4.39. The minimum atomic E-state index is -0.119. The van der Waals surface area contributed by atoms with Crippen molar-refractivity contribution in [2.24, 2.45) is 0 Å². The maximum absolute atomic E-state index is 9.90. The van der Waals surface area contributed by atoms with Gasteiger partial charge in [0.2, 0.25) is 0 Å². The van der Waals surface area contributed by atoms with Crippen LogP contribution in [-0.2, 0) is 0 Å². The molecule has 3 heteroatoms. The van der Waals surface area contributed by atoms with E-state index in [2.05, 4.69) is 20.1 Å². The summed E-state index contributed by atoms with van der Waals surface area (Å²) in [4.78, 5) is 0. The monoisotopic (exact) mass is 236 g/mol. The highest BCUT2D eigenvalue weighted by Gasteiger charge is 2.16. The quantitative estimate of drug-likeness (QED) is 0.620. The Labute approximate surface area is 97.4 Å². The van der Waals surface area contributed by atoms with Gasteiger partial charge in [0.1, 0.15) is 0 Å². The average molecular weight is 236 g/mol. The Kier molecular flexibility index (Phi) is 10.7. The van der Waals surface area contributed by atoms with Gasteiger partial charge >= 0.3 is 0 Å². The van der Waals surface area contributed by atoms with Gasteiger partial charge in [-0.15, -0.1) is 0 Å². The Hall–Kier alpha value is 0.660. The van der Waals surface area contributed by atoms with Crippen LogP contribution in [0.4, 0.5) is 0 Å². The van der Waals surface area contributed by atoms with E-state index in [0.717, 1.165) is 12.2 Å². The fourth-order valence-electron chi connectivity index (χ4n) is 1.31. The number of unbranched alkanes of at least 4 members (excludes halogenated alkanes) is 1. The summed E-state index contributed by atoms with van der Waals surface area (Å²) in [5, 5.41) is 10.3. The van der Waals surface area contributed by atoms with E-state index in [9.17, 15) is 5.11 Å². The summed E-state index contributed by atoms with van der Waals surface area (Å²) < 4.78 is 0. The van der Waals surface area contributed by atoms with E-state index in [4.69, 9.17) is 0 Å². The zero-order valence-electron chi connectivity index (χ0n) is 9.66. The summed E-state index contributed by atoms with van der Waals surface area (Å²) in [6, 6.07) is 0. The average Bonchev–Trinajstić information content (AvgIpc) is 2.20. The zero-order valence-corrected chi connectivity index (χ0v) is 11.3. The molecule has 0 aliphatic rings. The van der Waals surface area contributed by atoms with E-state index in [0.29, 0.717) is 5.25 Å². The molecule has 0 spiro atoms. The van der Waals surface area contributed by atoms with Crippen molar-refractivity contribution in [3.8, 4) is 0 Å². The first-order valence-electron chi connectivity index (χ1n) is 5.54. The third-order valence-electron chi connectivity index (χ3n) is 2.24. The maximum Gasteiger partial charge on any atom is 0.0748 e. The van der Waals surface area contributed by atoms with E-state index in [-0.39, 0.29) is 6.10 Å². The molecule has 0 saturated heterocycles. The van der Waals surface area contributed by atoms with Crippen LogP contribution in [0.3, 0.4) is 0 Å². The van der Waals surface area contributed by atoms with Crippen molar-refractivity contribution in [3.05, 3.63) is 0 Å². The predicted octanol–water partition coefficient (Wildman–Crippen LogP) is 3.41. The third kappa shape index (κ3) is 7.02. The standard InChI is InChI=1S/C11H24OS2/c1-4-6-8-14-9-10(12)11(13-3)7-5-2/h10-12H,4-9H2,1-3H3/t10-,11-/m0/s1. The van der Waals surface area contributed by atoms with Gasteiger partial charge in [-0.25, -0.2) is 0 Å². The van der Waals surface area contributed by atoms with Crippen LogP contribution in [-0.4, -0.2) is 34.2 Å². The summed E-state index contributed by atoms with van der Waals surface area (Å²) in [7, 11) is 0. The van der Waals surface area contributed by atoms with Crippen LogP contribution in [0.25, 0.3) is 0 Å². The first-order valence-corrected chi connectivity index (χ1v) is 7.99. The molecule has 0 aromatic rings. The van der Waals surface area contributed by atoms with E-state index in [1.807, 2.05) is 11.8 Å². The van der Waals surface area contributed by atoms with Crippen LogP contribution in [0.5, 0.6) is 0 Å². The smallest absolute Gasteiger partial charge is 0.0748 e. The van der Waals surface area contributed by atoms with Gasteiger partial charge in [-0.1, -0.05) is 26.7 Å². The number of hydrogen-bond donors (Lipinski definition) is 1. The van der Waals surface area contributed by atoms with Gasteiger partial charge in [-0.05, 0) is 24.9 Å². The first-order chi connectivity index (χ1) is 6.76. The van der Waals surface area contributed by atoms with Gasteiger partial charge in [-0.2, -0.15) is 23.5 Å². The molecule has 0 bridgehead atoms. The van der Waals surface area contributed by atoms with Gasteiger partial charge in [0.05, 0.1) is 6.10 Å². The van der Waals surface area contributed by atoms with Crippen LogP contribution in [0.1, 0.15) is 39.5 Å². The Bertz CT molecular complexity index is 120. The molecule has 0 aliphatic heterocycles. The SMILES string of the molecule is CCCCSC[C@H](O)[C@H](CCC)SC. The van der Waals surface area contributed by atoms with Gasteiger partial charge < -0.3 is 5.11 Å². The Morgan fingerprint density at radius 2 is 1.93 bits per heavy atom. The lowest BCUT2D eigenvalue weighted by atomic mass is 10.2. The molecule has 0 rings (SSSR count). The topological polar surface area (TPSA) is 20.2 Å². The van der Waals surface area contributed by atoms with Crippen molar-refractivity contribution < 1.29 is 5.11 Å². The molecule has 1 N–H and O–H groups in total. The molecule has 2 atom stereocenters. The lowest BCUT2D eigenvalue weighted by molar-refractivity contribution is 0.192. The lowest BCUT2D eigenvalue weighted by Crippen LogP contribution is -2.25. The second kappa shape index (κ2) is 10.2. The maximum atomic E-state index is 9.90. The fourth-order valence-corrected chi connectivity index (χ4v) is 3.45. The number of aliphatic hydroxyl groups is 1. The predicted molar refractivity (Wildman–Crippen MR) is 70.5 cm³/mol. The lowest BCUT2D eigenvalue weighted by Gasteiger charge is -2.20. The molecular formula is C11H24OS2. The fraction of sp³-hybridized carbons (Fsp3) is 1.00. The number of thioether (sulfide) groups is 2. The van der Waals surface area contributed by atoms with Gasteiger partial charge in [-0.3, -0.25) is 0 Å². The highest BCUT2D eigenvalue weighted by Crippen LogP contribution is 2.20. The summed E-state index contributed by atoms with van der Waals surface area (Å²) in [5.41, 5.74) is 0. The molecule has 0 aromatic heterocycles. The van der Waals surface area contributed by atoms with E-state index in [1.165, 1.54) is 25.0 Å². The van der Waals surface area contributed by atoms with Crippen molar-refractivity contribution in [1.29, 1.82) is 0 Å².